The van der Waals surface area contributed by atoms with Crippen LogP contribution in [-0.4, -0.2) is 26.7 Å². The van der Waals surface area contributed by atoms with Crippen LogP contribution in [-0.2, 0) is 12.7 Å². The van der Waals surface area contributed by atoms with Crippen molar-refractivity contribution in [1.82, 2.24) is 14.8 Å². The second-order valence-electron chi connectivity index (χ2n) is 6.11. The molecule has 2 heterocycles. The van der Waals surface area contributed by atoms with Gasteiger partial charge in [-0.05, 0) is 42.0 Å². The van der Waals surface area contributed by atoms with Gasteiger partial charge in [0, 0.05) is 11.8 Å². The van der Waals surface area contributed by atoms with Crippen LogP contribution >= 0.6 is 12.2 Å². The second kappa shape index (κ2) is 7.59. The molecule has 0 atom stereocenters. The van der Waals surface area contributed by atoms with E-state index < -0.39 is 11.7 Å². The molecule has 0 spiro atoms. The molecule has 4 rings (SSSR count). The fourth-order valence-corrected chi connectivity index (χ4v) is 2.91. The van der Waals surface area contributed by atoms with Crippen molar-refractivity contribution in [3.63, 3.8) is 0 Å². The van der Waals surface area contributed by atoms with E-state index in [0.717, 1.165) is 12.1 Å². The third-order valence-electron chi connectivity index (χ3n) is 3.99. The Morgan fingerprint density at radius 1 is 1.10 bits per heavy atom. The summed E-state index contributed by atoms with van der Waals surface area (Å²) in [6.07, 6.45) is -2.98. The van der Waals surface area contributed by atoms with Crippen molar-refractivity contribution >= 4 is 29.0 Å². The summed E-state index contributed by atoms with van der Waals surface area (Å²) in [5.74, 6) is 1.49. The molecule has 0 amide bonds. The smallest absolute Gasteiger partial charge is 0.416 e. The summed E-state index contributed by atoms with van der Waals surface area (Å²) in [5, 5.41) is 10.2. The molecular weight excluding hydrogens is 407 g/mol. The van der Waals surface area contributed by atoms with Gasteiger partial charge < -0.3 is 14.8 Å². The van der Waals surface area contributed by atoms with E-state index in [1.807, 2.05) is 0 Å². The Morgan fingerprint density at radius 2 is 1.93 bits per heavy atom. The van der Waals surface area contributed by atoms with Gasteiger partial charge in [-0.1, -0.05) is 12.1 Å². The summed E-state index contributed by atoms with van der Waals surface area (Å²) in [6.45, 7) is 0.315. The van der Waals surface area contributed by atoms with E-state index in [-0.39, 0.29) is 24.4 Å². The molecule has 3 aromatic rings. The Morgan fingerprint density at radius 3 is 2.76 bits per heavy atom. The first-order chi connectivity index (χ1) is 13.9. The molecule has 0 aliphatic carbocycles. The van der Waals surface area contributed by atoms with Crippen molar-refractivity contribution in [3.8, 4) is 11.5 Å². The third-order valence-corrected chi connectivity index (χ3v) is 4.20. The van der Waals surface area contributed by atoms with Gasteiger partial charge in [0.1, 0.15) is 6.33 Å². The quantitative estimate of drug-likeness (QED) is 0.620. The summed E-state index contributed by atoms with van der Waals surface area (Å²) >= 11 is 5.23. The molecule has 7 nitrogen and oxygen atoms in total. The predicted molar refractivity (Wildman–Crippen MR) is 103 cm³/mol. The second-order valence-corrected chi connectivity index (χ2v) is 6.52. The largest absolute Gasteiger partial charge is 0.454 e. The number of alkyl halides is 3. The molecule has 1 aliphatic heterocycles. The molecule has 0 saturated carbocycles. The third kappa shape index (κ3) is 4.57. The molecule has 2 N–H and O–H groups in total. The van der Waals surface area contributed by atoms with Crippen molar-refractivity contribution in [2.24, 2.45) is 0 Å². The number of thiocarbonyl (C=S) groups is 1. The van der Waals surface area contributed by atoms with Crippen LogP contribution in [0.2, 0.25) is 0 Å². The van der Waals surface area contributed by atoms with Crippen LogP contribution in [0.1, 0.15) is 11.1 Å². The maximum Gasteiger partial charge on any atom is 0.416 e. The first kappa shape index (κ1) is 19.0. The lowest BCUT2D eigenvalue weighted by atomic mass is 10.1. The number of nitrogens with one attached hydrogen (secondary N) is 2. The summed E-state index contributed by atoms with van der Waals surface area (Å²) < 4.78 is 50.4. The van der Waals surface area contributed by atoms with E-state index in [9.17, 15) is 13.2 Å². The molecule has 0 saturated heterocycles. The number of fused-ring (bicyclic) bond motifs is 1. The topological polar surface area (TPSA) is 73.2 Å². The van der Waals surface area contributed by atoms with E-state index in [0.29, 0.717) is 22.7 Å². The lowest BCUT2D eigenvalue weighted by molar-refractivity contribution is -0.137. The van der Waals surface area contributed by atoms with Crippen molar-refractivity contribution in [2.75, 3.05) is 17.4 Å². The maximum atomic E-state index is 12.8. The molecule has 0 unspecified atom stereocenters. The molecular formula is C18H14F3N5O2S. The summed E-state index contributed by atoms with van der Waals surface area (Å²) in [6, 6.07) is 10.3. The number of halogens is 3. The summed E-state index contributed by atoms with van der Waals surface area (Å²) in [5.41, 5.74) is 0.440. The van der Waals surface area contributed by atoms with Gasteiger partial charge >= 0.3 is 6.18 Å². The van der Waals surface area contributed by atoms with Crippen LogP contribution in [0.25, 0.3) is 0 Å². The van der Waals surface area contributed by atoms with Crippen LogP contribution in [0.4, 0.5) is 24.8 Å². The summed E-state index contributed by atoms with van der Waals surface area (Å²) in [4.78, 5) is 4.07. The van der Waals surface area contributed by atoms with Gasteiger partial charge in [-0.3, -0.25) is 5.32 Å². The van der Waals surface area contributed by atoms with Gasteiger partial charge in [-0.2, -0.15) is 13.2 Å². The van der Waals surface area contributed by atoms with E-state index in [1.54, 1.807) is 24.3 Å². The fourth-order valence-electron chi connectivity index (χ4n) is 2.70. The van der Waals surface area contributed by atoms with Crippen LogP contribution in [0.3, 0.4) is 0 Å². The molecule has 29 heavy (non-hydrogen) atoms. The van der Waals surface area contributed by atoms with Crippen LogP contribution < -0.4 is 20.1 Å². The molecule has 0 bridgehead atoms. The van der Waals surface area contributed by atoms with Gasteiger partial charge in [0.05, 0.1) is 12.1 Å². The highest BCUT2D eigenvalue weighted by atomic mass is 32.1. The van der Waals surface area contributed by atoms with Crippen LogP contribution in [0.15, 0.2) is 48.8 Å². The number of hydrogen-bond acceptors (Lipinski definition) is 5. The zero-order valence-electron chi connectivity index (χ0n) is 14.7. The van der Waals surface area contributed by atoms with E-state index in [4.69, 9.17) is 21.7 Å². The standard InChI is InChI=1S/C18H14F3N5O2S/c19-18(20,21)12-3-1-2-11(6-12)8-26-9-22-16(25-26)24-17(29)23-13-4-5-14-15(7-13)28-10-27-14/h1-7,9H,8,10H2,(H2,23,24,25,29). The zero-order chi connectivity index (χ0) is 20.4. The van der Waals surface area contributed by atoms with E-state index in [1.165, 1.54) is 17.1 Å². The Balaban J connectivity index is 1.37. The minimum atomic E-state index is -4.39. The van der Waals surface area contributed by atoms with Gasteiger partial charge in [0.15, 0.2) is 16.6 Å². The van der Waals surface area contributed by atoms with Crippen molar-refractivity contribution in [1.29, 1.82) is 0 Å². The highest BCUT2D eigenvalue weighted by Crippen LogP contribution is 2.34. The van der Waals surface area contributed by atoms with Crippen molar-refractivity contribution < 1.29 is 22.6 Å². The first-order valence-electron chi connectivity index (χ1n) is 8.40. The number of rotatable bonds is 4. The molecule has 0 fully saturated rings. The fraction of sp³-hybridized carbons (Fsp3) is 0.167. The monoisotopic (exact) mass is 421 g/mol. The molecule has 0 radical (unpaired) electrons. The highest BCUT2D eigenvalue weighted by molar-refractivity contribution is 7.80. The SMILES string of the molecule is FC(F)(F)c1cccc(Cn2cnc(NC(=S)Nc3ccc4c(c3)OCO4)n2)c1. The Labute approximate surface area is 168 Å². The Bertz CT molecular complexity index is 1050. The number of nitrogens with zero attached hydrogens (tertiary/aromatic N) is 3. The van der Waals surface area contributed by atoms with E-state index in [2.05, 4.69) is 20.7 Å². The maximum absolute atomic E-state index is 12.8. The van der Waals surface area contributed by atoms with Gasteiger partial charge in [0.25, 0.3) is 0 Å². The average molecular weight is 421 g/mol. The minimum absolute atomic E-state index is 0.140. The predicted octanol–water partition coefficient (Wildman–Crippen LogP) is 3.88. The average Bonchev–Trinajstić information content (AvgIpc) is 3.30. The van der Waals surface area contributed by atoms with Gasteiger partial charge in [-0.15, -0.1) is 5.10 Å². The zero-order valence-corrected chi connectivity index (χ0v) is 15.5. The normalized spacial score (nSPS) is 12.7. The minimum Gasteiger partial charge on any atom is -0.454 e. The highest BCUT2D eigenvalue weighted by Gasteiger charge is 2.30. The van der Waals surface area contributed by atoms with Crippen LogP contribution in [0, 0.1) is 0 Å². The molecule has 1 aliphatic rings. The number of ether oxygens (including phenoxy) is 2. The Hall–Kier alpha value is -3.34. The number of aromatic nitrogens is 3. The van der Waals surface area contributed by atoms with Crippen molar-refractivity contribution in [3.05, 3.63) is 59.9 Å². The van der Waals surface area contributed by atoms with Gasteiger partial charge in [0.2, 0.25) is 12.7 Å². The van der Waals surface area contributed by atoms with Crippen LogP contribution in [0.5, 0.6) is 11.5 Å². The molecule has 1 aromatic heterocycles. The first-order valence-corrected chi connectivity index (χ1v) is 8.81. The number of benzene rings is 2. The lowest BCUT2D eigenvalue weighted by Gasteiger charge is -2.09. The number of anilines is 2. The Kier molecular flexibility index (Phi) is 4.97. The number of hydrogen-bond donors (Lipinski definition) is 2. The van der Waals surface area contributed by atoms with E-state index >= 15 is 0 Å². The van der Waals surface area contributed by atoms with Crippen molar-refractivity contribution in [2.45, 2.75) is 12.7 Å². The molecule has 150 valence electrons. The lowest BCUT2D eigenvalue weighted by Crippen LogP contribution is -2.20. The molecule has 11 heteroatoms. The molecule has 2 aromatic carbocycles. The summed E-state index contributed by atoms with van der Waals surface area (Å²) in [7, 11) is 0. The van der Waals surface area contributed by atoms with Gasteiger partial charge in [-0.25, -0.2) is 9.67 Å².